The summed E-state index contributed by atoms with van der Waals surface area (Å²) in [6, 6.07) is 16.4. The van der Waals surface area contributed by atoms with Gasteiger partial charge in [-0.05, 0) is 73.7 Å². The van der Waals surface area contributed by atoms with Crippen LogP contribution >= 0.6 is 11.6 Å². The smallest absolute Gasteiger partial charge is 0.416 e. The fourth-order valence-corrected chi connectivity index (χ4v) is 4.45. The Morgan fingerprint density at radius 1 is 0.930 bits per heavy atom. The minimum absolute atomic E-state index is 0.0639. The van der Waals surface area contributed by atoms with Crippen LogP contribution in [0.2, 0.25) is 5.02 Å². The van der Waals surface area contributed by atoms with Crippen LogP contribution in [-0.2, 0) is 6.18 Å². The summed E-state index contributed by atoms with van der Waals surface area (Å²) in [7, 11) is 0. The van der Waals surface area contributed by atoms with E-state index < -0.39 is 23.2 Å². The van der Waals surface area contributed by atoms with E-state index in [1.807, 2.05) is 0 Å². The Labute approximate surface area is 246 Å². The molecule has 3 aromatic heterocycles. The van der Waals surface area contributed by atoms with E-state index in [0.29, 0.717) is 35.2 Å². The quantitative estimate of drug-likeness (QED) is 0.226. The van der Waals surface area contributed by atoms with Crippen LogP contribution in [0.4, 0.5) is 18.9 Å². The number of benzene rings is 2. The van der Waals surface area contributed by atoms with Gasteiger partial charge in [0.05, 0.1) is 16.3 Å². The van der Waals surface area contributed by atoms with Crippen LogP contribution in [0.5, 0.6) is 11.5 Å². The first-order valence-electron chi connectivity index (χ1n) is 12.8. The number of rotatable bonds is 7. The number of carbonyl (C=O) groups excluding carboxylic acids is 2. The van der Waals surface area contributed by atoms with Crippen molar-refractivity contribution in [3.05, 3.63) is 117 Å². The molecule has 0 unspecified atom stereocenters. The average molecular weight is 608 g/mol. The number of halogens is 4. The standard InChI is InChI=1S/C30H21ClF3N5O4/c1-2-35-28(41)24-16-21(11-13-36-24)43-20-8-6-19(7-9-20)38-27(40)22-14-17-4-3-12-37-26(17)39(29(22)42)25-10-5-18(15-23(25)31)30(32,33)34/h3-16H,2H2,1H3,(H,35,41)(H,38,40). The highest BCUT2D eigenvalue weighted by Crippen LogP contribution is 2.33. The number of hydrogen-bond acceptors (Lipinski definition) is 6. The molecule has 5 aromatic rings. The van der Waals surface area contributed by atoms with Crippen LogP contribution < -0.4 is 20.9 Å². The van der Waals surface area contributed by atoms with E-state index in [0.717, 1.165) is 16.7 Å². The van der Waals surface area contributed by atoms with E-state index in [4.69, 9.17) is 16.3 Å². The molecule has 0 aliphatic carbocycles. The molecule has 2 N–H and O–H groups in total. The highest BCUT2D eigenvalue weighted by atomic mass is 35.5. The maximum absolute atomic E-state index is 13.6. The lowest BCUT2D eigenvalue weighted by Gasteiger charge is -2.15. The van der Waals surface area contributed by atoms with Gasteiger partial charge in [-0.15, -0.1) is 0 Å². The van der Waals surface area contributed by atoms with Gasteiger partial charge in [-0.3, -0.25) is 23.9 Å². The van der Waals surface area contributed by atoms with E-state index in [1.165, 1.54) is 24.5 Å². The Hall–Kier alpha value is -5.23. The molecule has 0 fully saturated rings. The molecule has 0 radical (unpaired) electrons. The van der Waals surface area contributed by atoms with Crippen molar-refractivity contribution in [3.8, 4) is 17.2 Å². The van der Waals surface area contributed by atoms with Gasteiger partial charge < -0.3 is 15.4 Å². The van der Waals surface area contributed by atoms with Gasteiger partial charge in [0, 0.05) is 36.1 Å². The van der Waals surface area contributed by atoms with E-state index in [9.17, 15) is 27.6 Å². The molecule has 43 heavy (non-hydrogen) atoms. The third kappa shape index (κ3) is 6.33. The molecule has 9 nitrogen and oxygen atoms in total. The van der Waals surface area contributed by atoms with Crippen molar-refractivity contribution in [2.75, 3.05) is 11.9 Å². The number of nitrogens with zero attached hydrogens (tertiary/aromatic N) is 3. The monoisotopic (exact) mass is 607 g/mol. The average Bonchev–Trinajstić information content (AvgIpc) is 2.98. The van der Waals surface area contributed by atoms with Crippen molar-refractivity contribution in [2.24, 2.45) is 0 Å². The summed E-state index contributed by atoms with van der Waals surface area (Å²) in [6.45, 7) is 2.24. The number of carbonyl (C=O) groups is 2. The molecule has 0 bridgehead atoms. The zero-order valence-electron chi connectivity index (χ0n) is 22.3. The molecule has 0 saturated carbocycles. The molecule has 2 aromatic carbocycles. The molecule has 0 aliphatic heterocycles. The first kappa shape index (κ1) is 29.3. The number of amides is 2. The van der Waals surface area contributed by atoms with Crippen molar-refractivity contribution < 1.29 is 27.5 Å². The molecule has 5 rings (SSSR count). The maximum Gasteiger partial charge on any atom is 0.416 e. The van der Waals surface area contributed by atoms with E-state index in [2.05, 4.69) is 20.6 Å². The zero-order chi connectivity index (χ0) is 30.7. The lowest BCUT2D eigenvalue weighted by atomic mass is 10.1. The Morgan fingerprint density at radius 2 is 1.70 bits per heavy atom. The molecular formula is C30H21ClF3N5O4. The molecule has 2 amide bonds. The molecular weight excluding hydrogens is 587 g/mol. The molecule has 13 heteroatoms. The summed E-state index contributed by atoms with van der Waals surface area (Å²) in [5, 5.41) is 5.34. The summed E-state index contributed by atoms with van der Waals surface area (Å²) >= 11 is 6.19. The van der Waals surface area contributed by atoms with Crippen LogP contribution in [0.25, 0.3) is 16.7 Å². The first-order chi connectivity index (χ1) is 20.5. The Kier molecular flexibility index (Phi) is 8.13. The van der Waals surface area contributed by atoms with Crippen molar-refractivity contribution in [2.45, 2.75) is 13.1 Å². The number of anilines is 1. The van der Waals surface area contributed by atoms with Crippen LogP contribution in [0, 0.1) is 0 Å². The molecule has 3 heterocycles. The van der Waals surface area contributed by atoms with Crippen molar-refractivity contribution in [1.29, 1.82) is 0 Å². The predicted molar refractivity (Wildman–Crippen MR) is 154 cm³/mol. The molecule has 0 saturated heterocycles. The van der Waals surface area contributed by atoms with E-state index in [1.54, 1.807) is 49.4 Å². The highest BCUT2D eigenvalue weighted by molar-refractivity contribution is 6.32. The largest absolute Gasteiger partial charge is 0.457 e. The number of alkyl halides is 3. The predicted octanol–water partition coefficient (Wildman–Crippen LogP) is 6.25. The number of pyridine rings is 3. The second-order valence-electron chi connectivity index (χ2n) is 9.10. The van der Waals surface area contributed by atoms with Gasteiger partial charge in [-0.25, -0.2) is 4.98 Å². The Bertz CT molecular complexity index is 1910. The summed E-state index contributed by atoms with van der Waals surface area (Å²) in [5.41, 5.74) is -1.53. The number of fused-ring (bicyclic) bond motifs is 1. The minimum Gasteiger partial charge on any atom is -0.457 e. The van der Waals surface area contributed by atoms with Crippen LogP contribution in [-0.4, -0.2) is 32.9 Å². The molecule has 0 aliphatic rings. The highest BCUT2D eigenvalue weighted by Gasteiger charge is 2.31. The van der Waals surface area contributed by atoms with Gasteiger partial charge in [0.2, 0.25) is 0 Å². The van der Waals surface area contributed by atoms with E-state index in [-0.39, 0.29) is 33.5 Å². The normalized spacial score (nSPS) is 11.3. The number of aromatic nitrogens is 3. The maximum atomic E-state index is 13.6. The number of ether oxygens (including phenoxy) is 1. The van der Waals surface area contributed by atoms with Crippen molar-refractivity contribution >= 4 is 40.1 Å². The number of nitrogens with one attached hydrogen (secondary N) is 2. The lowest BCUT2D eigenvalue weighted by molar-refractivity contribution is -0.137. The fourth-order valence-electron chi connectivity index (χ4n) is 4.18. The third-order valence-electron chi connectivity index (χ3n) is 6.17. The van der Waals surface area contributed by atoms with Gasteiger partial charge in [0.1, 0.15) is 28.4 Å². The topological polar surface area (TPSA) is 115 Å². The summed E-state index contributed by atoms with van der Waals surface area (Å²) in [4.78, 5) is 47.1. The summed E-state index contributed by atoms with van der Waals surface area (Å²) in [6.07, 6.45) is -1.78. The third-order valence-corrected chi connectivity index (χ3v) is 6.47. The van der Waals surface area contributed by atoms with Crippen LogP contribution in [0.3, 0.4) is 0 Å². The van der Waals surface area contributed by atoms with Crippen molar-refractivity contribution in [1.82, 2.24) is 19.9 Å². The molecule has 0 spiro atoms. The SMILES string of the molecule is CCNC(=O)c1cc(Oc2ccc(NC(=O)c3cc4cccnc4n(-c4ccc(C(F)(F)F)cc4Cl)c3=O)cc2)ccn1. The van der Waals surface area contributed by atoms with Crippen molar-refractivity contribution in [3.63, 3.8) is 0 Å². The summed E-state index contributed by atoms with van der Waals surface area (Å²) in [5.74, 6) is -0.320. The van der Waals surface area contributed by atoms with Gasteiger partial charge in [-0.1, -0.05) is 11.6 Å². The second kappa shape index (κ2) is 11.9. The van der Waals surface area contributed by atoms with Gasteiger partial charge in [0.25, 0.3) is 17.4 Å². The van der Waals surface area contributed by atoms with Gasteiger partial charge in [-0.2, -0.15) is 13.2 Å². The Morgan fingerprint density at radius 3 is 2.40 bits per heavy atom. The first-order valence-corrected chi connectivity index (χ1v) is 13.1. The van der Waals surface area contributed by atoms with Gasteiger partial charge in [0.15, 0.2) is 0 Å². The lowest BCUT2D eigenvalue weighted by Crippen LogP contribution is -2.29. The zero-order valence-corrected chi connectivity index (χ0v) is 23.0. The fraction of sp³-hybridized carbons (Fsp3) is 0.100. The minimum atomic E-state index is -4.64. The Balaban J connectivity index is 1.42. The second-order valence-corrected chi connectivity index (χ2v) is 9.50. The van der Waals surface area contributed by atoms with Gasteiger partial charge >= 0.3 is 6.18 Å². The number of hydrogen-bond donors (Lipinski definition) is 2. The summed E-state index contributed by atoms with van der Waals surface area (Å²) < 4.78 is 46.4. The van der Waals surface area contributed by atoms with Crippen LogP contribution in [0.15, 0.2) is 90.0 Å². The molecule has 218 valence electrons. The molecule has 0 atom stereocenters. The van der Waals surface area contributed by atoms with Crippen LogP contribution in [0.1, 0.15) is 33.3 Å². The van der Waals surface area contributed by atoms with E-state index >= 15 is 0 Å².